The number of amides is 2. The summed E-state index contributed by atoms with van der Waals surface area (Å²) in [6, 6.07) is 14.7. The highest BCUT2D eigenvalue weighted by atomic mass is 16.5. The number of carbonyl (C=O) groups is 3. The first-order chi connectivity index (χ1) is 15.5. The molecule has 1 fully saturated rings. The van der Waals surface area contributed by atoms with Crippen molar-refractivity contribution in [3.05, 3.63) is 59.7 Å². The van der Waals surface area contributed by atoms with Crippen molar-refractivity contribution < 1.29 is 24.2 Å². The van der Waals surface area contributed by atoms with Gasteiger partial charge in [0.15, 0.2) is 0 Å². The van der Waals surface area contributed by atoms with Crippen LogP contribution in [0.25, 0.3) is 11.1 Å². The predicted molar refractivity (Wildman–Crippen MR) is 118 cm³/mol. The molecular formula is C25H24N2O5. The summed E-state index contributed by atoms with van der Waals surface area (Å²) in [7, 11) is 0. The summed E-state index contributed by atoms with van der Waals surface area (Å²) in [6.07, 6.45) is 5.62. The molecule has 32 heavy (non-hydrogen) atoms. The van der Waals surface area contributed by atoms with Crippen LogP contribution < -0.4 is 5.32 Å². The van der Waals surface area contributed by atoms with Gasteiger partial charge in [-0.2, -0.15) is 0 Å². The van der Waals surface area contributed by atoms with Gasteiger partial charge in [0.05, 0.1) is 13.0 Å². The van der Waals surface area contributed by atoms with Gasteiger partial charge in [-0.3, -0.25) is 9.59 Å². The van der Waals surface area contributed by atoms with Crippen LogP contribution in [0.2, 0.25) is 0 Å². The second kappa shape index (κ2) is 9.15. The topological polar surface area (TPSA) is 95.9 Å². The Bertz CT molecular complexity index is 1040. The normalized spacial score (nSPS) is 15.1. The molecule has 1 saturated carbocycles. The number of hydrogen-bond acceptors (Lipinski definition) is 4. The Balaban J connectivity index is 1.44. The molecule has 0 aromatic heterocycles. The summed E-state index contributed by atoms with van der Waals surface area (Å²) < 4.78 is 5.46. The van der Waals surface area contributed by atoms with Crippen LogP contribution in [0, 0.1) is 12.3 Å². The summed E-state index contributed by atoms with van der Waals surface area (Å²) in [5, 5.41) is 11.7. The minimum atomic E-state index is -1.24. The lowest BCUT2D eigenvalue weighted by atomic mass is 9.98. The average molecular weight is 432 g/mol. The zero-order valence-electron chi connectivity index (χ0n) is 17.5. The van der Waals surface area contributed by atoms with Crippen LogP contribution in [0.5, 0.6) is 0 Å². The number of carboxylic acid groups (broad SMARTS) is 1. The van der Waals surface area contributed by atoms with Crippen molar-refractivity contribution in [3.63, 3.8) is 0 Å². The van der Waals surface area contributed by atoms with Crippen LogP contribution in [0.4, 0.5) is 4.79 Å². The molecule has 2 aromatic rings. The van der Waals surface area contributed by atoms with Gasteiger partial charge in [-0.1, -0.05) is 54.5 Å². The van der Waals surface area contributed by atoms with Crippen LogP contribution >= 0.6 is 0 Å². The third-order valence-corrected chi connectivity index (χ3v) is 5.84. The summed E-state index contributed by atoms with van der Waals surface area (Å²) in [5.74, 6) is 0.599. The van der Waals surface area contributed by atoms with Gasteiger partial charge in [0.1, 0.15) is 12.6 Å². The number of carbonyl (C=O) groups excluding carboxylic acids is 2. The molecule has 2 aliphatic carbocycles. The molecule has 0 saturated heterocycles. The number of nitrogens with zero attached hydrogens (tertiary/aromatic N) is 1. The SMILES string of the molecule is C#CCN(C(=O)C(CC(=O)O)NC(=O)OCC1c2ccccc2-c2ccccc21)C1CC1. The molecule has 7 nitrogen and oxygen atoms in total. The first-order valence-electron chi connectivity index (χ1n) is 10.6. The number of hydrogen-bond donors (Lipinski definition) is 2. The molecule has 2 N–H and O–H groups in total. The minimum absolute atomic E-state index is 0.000780. The predicted octanol–water partition coefficient (Wildman–Crippen LogP) is 2.99. The third kappa shape index (κ3) is 4.45. The van der Waals surface area contributed by atoms with E-state index in [0.717, 1.165) is 35.1 Å². The highest BCUT2D eigenvalue weighted by Gasteiger charge is 2.37. The van der Waals surface area contributed by atoms with Crippen LogP contribution in [-0.4, -0.2) is 53.2 Å². The third-order valence-electron chi connectivity index (χ3n) is 5.84. The van der Waals surface area contributed by atoms with Crippen molar-refractivity contribution in [2.24, 2.45) is 0 Å². The Hall–Kier alpha value is -3.79. The van der Waals surface area contributed by atoms with Gasteiger partial charge in [-0.05, 0) is 35.1 Å². The van der Waals surface area contributed by atoms with E-state index >= 15 is 0 Å². The molecule has 7 heteroatoms. The molecule has 1 unspecified atom stereocenters. The Morgan fingerprint density at radius 2 is 1.69 bits per heavy atom. The number of nitrogens with one attached hydrogen (secondary N) is 1. The maximum absolute atomic E-state index is 12.9. The molecule has 0 aliphatic heterocycles. The fourth-order valence-corrected chi connectivity index (χ4v) is 4.23. The number of terminal acetylenes is 1. The maximum Gasteiger partial charge on any atom is 0.407 e. The Labute approximate surface area is 186 Å². The zero-order valence-corrected chi connectivity index (χ0v) is 17.5. The van der Waals surface area contributed by atoms with Crippen molar-refractivity contribution >= 4 is 18.0 Å². The smallest absolute Gasteiger partial charge is 0.407 e. The van der Waals surface area contributed by atoms with Crippen molar-refractivity contribution in [1.82, 2.24) is 10.2 Å². The molecule has 0 heterocycles. The Morgan fingerprint density at radius 1 is 1.09 bits per heavy atom. The number of ether oxygens (including phenoxy) is 1. The highest BCUT2D eigenvalue weighted by molar-refractivity contribution is 5.90. The van der Waals surface area contributed by atoms with Gasteiger partial charge in [0.2, 0.25) is 5.91 Å². The van der Waals surface area contributed by atoms with Crippen molar-refractivity contribution in [1.29, 1.82) is 0 Å². The van der Waals surface area contributed by atoms with E-state index in [1.165, 1.54) is 4.90 Å². The van der Waals surface area contributed by atoms with E-state index in [-0.39, 0.29) is 25.1 Å². The fraction of sp³-hybridized carbons (Fsp3) is 0.320. The Morgan fingerprint density at radius 3 is 2.22 bits per heavy atom. The van der Waals surface area contributed by atoms with Crippen LogP contribution in [-0.2, 0) is 14.3 Å². The van der Waals surface area contributed by atoms with Crippen LogP contribution in [0.3, 0.4) is 0 Å². The lowest BCUT2D eigenvalue weighted by Crippen LogP contribution is -2.50. The van der Waals surface area contributed by atoms with Crippen molar-refractivity contribution in [2.75, 3.05) is 13.2 Å². The van der Waals surface area contributed by atoms with E-state index in [0.29, 0.717) is 0 Å². The van der Waals surface area contributed by atoms with Gasteiger partial charge in [-0.25, -0.2) is 4.79 Å². The number of carboxylic acids is 1. The molecule has 0 spiro atoms. The summed E-state index contributed by atoms with van der Waals surface area (Å²) in [6.45, 7) is 0.149. The molecule has 1 atom stereocenters. The second-order valence-corrected chi connectivity index (χ2v) is 8.02. The number of alkyl carbamates (subject to hydrolysis) is 1. The van der Waals surface area contributed by atoms with E-state index in [9.17, 15) is 19.5 Å². The summed E-state index contributed by atoms with van der Waals surface area (Å²) in [4.78, 5) is 38.2. The number of benzene rings is 2. The first kappa shape index (κ1) is 21.4. The van der Waals surface area contributed by atoms with E-state index in [2.05, 4.69) is 11.2 Å². The van der Waals surface area contributed by atoms with Gasteiger partial charge in [0.25, 0.3) is 0 Å². The molecule has 164 valence electrons. The van der Waals surface area contributed by atoms with E-state index in [4.69, 9.17) is 11.2 Å². The summed E-state index contributed by atoms with van der Waals surface area (Å²) in [5.41, 5.74) is 4.33. The maximum atomic E-state index is 12.9. The lowest BCUT2D eigenvalue weighted by molar-refractivity contribution is -0.142. The van der Waals surface area contributed by atoms with Crippen molar-refractivity contribution in [3.8, 4) is 23.5 Å². The average Bonchev–Trinajstić information content (AvgIpc) is 3.57. The monoisotopic (exact) mass is 432 g/mol. The molecule has 4 rings (SSSR count). The van der Waals surface area contributed by atoms with E-state index in [1.807, 2.05) is 48.5 Å². The Kier molecular flexibility index (Phi) is 6.13. The zero-order chi connectivity index (χ0) is 22.7. The van der Waals surface area contributed by atoms with Gasteiger partial charge in [0, 0.05) is 12.0 Å². The van der Waals surface area contributed by atoms with Crippen LogP contribution in [0.15, 0.2) is 48.5 Å². The molecule has 0 radical (unpaired) electrons. The van der Waals surface area contributed by atoms with Gasteiger partial charge < -0.3 is 20.1 Å². The molecule has 0 bridgehead atoms. The molecule has 2 aromatic carbocycles. The van der Waals surface area contributed by atoms with E-state index < -0.39 is 30.4 Å². The quantitative estimate of drug-likeness (QED) is 0.626. The lowest BCUT2D eigenvalue weighted by Gasteiger charge is -2.25. The molecule has 2 amide bonds. The fourth-order valence-electron chi connectivity index (χ4n) is 4.23. The largest absolute Gasteiger partial charge is 0.481 e. The standard InChI is InChI=1S/C25H24N2O5/c1-2-13-27(16-11-12-16)24(30)22(14-23(28)29)26-25(31)32-15-21-19-9-5-3-7-17(19)18-8-4-6-10-20(18)21/h1,3-10,16,21-22H,11-15H2,(H,26,31)(H,28,29). The van der Waals surface area contributed by atoms with Gasteiger partial charge in [-0.15, -0.1) is 6.42 Å². The molecular weight excluding hydrogens is 408 g/mol. The van der Waals surface area contributed by atoms with Crippen molar-refractivity contribution in [2.45, 2.75) is 37.3 Å². The van der Waals surface area contributed by atoms with E-state index in [1.54, 1.807) is 0 Å². The van der Waals surface area contributed by atoms with Gasteiger partial charge >= 0.3 is 12.1 Å². The second-order valence-electron chi connectivity index (χ2n) is 8.02. The number of rotatable bonds is 8. The molecule has 2 aliphatic rings. The highest BCUT2D eigenvalue weighted by Crippen LogP contribution is 2.44. The van der Waals surface area contributed by atoms with Crippen LogP contribution in [0.1, 0.15) is 36.3 Å². The minimum Gasteiger partial charge on any atom is -0.481 e. The first-order valence-corrected chi connectivity index (χ1v) is 10.6. The number of aliphatic carboxylic acids is 1. The summed E-state index contributed by atoms with van der Waals surface area (Å²) >= 11 is 0. The number of fused-ring (bicyclic) bond motifs is 3.